The molecule has 1 amide bonds. The van der Waals surface area contributed by atoms with E-state index in [1.54, 1.807) is 13.3 Å². The summed E-state index contributed by atoms with van der Waals surface area (Å²) in [5.41, 5.74) is 3.17. The smallest absolute Gasteiger partial charge is 0.236 e. The Bertz CT molecular complexity index is 716. The zero-order valence-electron chi connectivity index (χ0n) is 14.4. The van der Waals surface area contributed by atoms with Gasteiger partial charge in [0.2, 0.25) is 5.91 Å². The largest absolute Gasteiger partial charge is 0.497 e. The number of carbonyl (C=O) groups is 1. The maximum absolute atomic E-state index is 10.8. The number of hydrogen-bond donors (Lipinski definition) is 1. The quantitative estimate of drug-likeness (QED) is 0.432. The standard InChI is InChI=1S/C19H22N2O4/c1-15(22)21-20-14-16-7-3-4-10-19(16)25-12-6-11-24-18-9-5-8-17(13-18)23-2/h3-5,7-10,13-14H,6,11-12H2,1-2H3,(H,21,22)/b20-14-. The van der Waals surface area contributed by atoms with Crippen molar-refractivity contribution in [3.05, 3.63) is 54.1 Å². The molecule has 0 spiro atoms. The average molecular weight is 342 g/mol. The first kappa shape index (κ1) is 18.3. The van der Waals surface area contributed by atoms with Crippen molar-refractivity contribution >= 4 is 12.1 Å². The van der Waals surface area contributed by atoms with Crippen LogP contribution in [0.5, 0.6) is 17.2 Å². The third-order valence-electron chi connectivity index (χ3n) is 3.20. The monoisotopic (exact) mass is 342 g/mol. The highest BCUT2D eigenvalue weighted by molar-refractivity contribution is 5.84. The summed E-state index contributed by atoms with van der Waals surface area (Å²) < 4.78 is 16.6. The molecule has 0 aliphatic heterocycles. The topological polar surface area (TPSA) is 69.2 Å². The van der Waals surface area contributed by atoms with E-state index in [9.17, 15) is 4.79 Å². The molecule has 2 aromatic carbocycles. The van der Waals surface area contributed by atoms with Gasteiger partial charge in [-0.05, 0) is 24.3 Å². The third-order valence-corrected chi connectivity index (χ3v) is 3.20. The summed E-state index contributed by atoms with van der Waals surface area (Å²) in [4.78, 5) is 10.8. The molecule has 132 valence electrons. The second kappa shape index (κ2) is 9.97. The van der Waals surface area contributed by atoms with Gasteiger partial charge in [-0.25, -0.2) is 5.43 Å². The van der Waals surface area contributed by atoms with E-state index in [0.29, 0.717) is 19.0 Å². The molecule has 6 nitrogen and oxygen atoms in total. The van der Waals surface area contributed by atoms with Crippen LogP contribution in [-0.2, 0) is 4.79 Å². The minimum absolute atomic E-state index is 0.218. The number of rotatable bonds is 9. The fraction of sp³-hybridized carbons (Fsp3) is 0.263. The number of benzene rings is 2. The summed E-state index contributed by atoms with van der Waals surface area (Å²) in [5.74, 6) is 2.02. The van der Waals surface area contributed by atoms with Crippen LogP contribution in [0, 0.1) is 0 Å². The van der Waals surface area contributed by atoms with Crippen molar-refractivity contribution in [2.24, 2.45) is 5.10 Å². The van der Waals surface area contributed by atoms with Crippen LogP contribution in [0.4, 0.5) is 0 Å². The fourth-order valence-electron chi connectivity index (χ4n) is 2.03. The number of nitrogens with one attached hydrogen (secondary N) is 1. The Morgan fingerprint density at radius 3 is 2.64 bits per heavy atom. The van der Waals surface area contributed by atoms with Crippen molar-refractivity contribution in [1.29, 1.82) is 0 Å². The lowest BCUT2D eigenvalue weighted by Crippen LogP contribution is -2.12. The Hall–Kier alpha value is -3.02. The van der Waals surface area contributed by atoms with Crippen LogP contribution >= 0.6 is 0 Å². The Labute approximate surface area is 147 Å². The van der Waals surface area contributed by atoms with Gasteiger partial charge in [-0.1, -0.05) is 18.2 Å². The third kappa shape index (κ3) is 6.55. The number of hydrazone groups is 1. The minimum atomic E-state index is -0.218. The first-order chi connectivity index (χ1) is 12.2. The molecule has 0 aliphatic rings. The molecule has 1 N–H and O–H groups in total. The van der Waals surface area contributed by atoms with Gasteiger partial charge < -0.3 is 14.2 Å². The Kier molecular flexibility index (Phi) is 7.31. The first-order valence-electron chi connectivity index (χ1n) is 7.97. The number of hydrogen-bond acceptors (Lipinski definition) is 5. The predicted molar refractivity (Wildman–Crippen MR) is 96.5 cm³/mol. The second-order valence-electron chi connectivity index (χ2n) is 5.19. The van der Waals surface area contributed by atoms with E-state index in [0.717, 1.165) is 23.5 Å². The van der Waals surface area contributed by atoms with Crippen LogP contribution in [0.25, 0.3) is 0 Å². The molecule has 2 aromatic rings. The molecule has 0 heterocycles. The van der Waals surface area contributed by atoms with E-state index in [-0.39, 0.29) is 5.91 Å². The lowest BCUT2D eigenvalue weighted by atomic mass is 10.2. The lowest BCUT2D eigenvalue weighted by molar-refractivity contribution is -0.118. The Morgan fingerprint density at radius 2 is 1.84 bits per heavy atom. The Balaban J connectivity index is 1.78. The van der Waals surface area contributed by atoms with Crippen LogP contribution in [0.15, 0.2) is 53.6 Å². The molecule has 0 fully saturated rings. The molecule has 0 radical (unpaired) electrons. The predicted octanol–water partition coefficient (Wildman–Crippen LogP) is 3.01. The van der Waals surface area contributed by atoms with Gasteiger partial charge >= 0.3 is 0 Å². The van der Waals surface area contributed by atoms with Gasteiger partial charge in [0, 0.05) is 25.0 Å². The van der Waals surface area contributed by atoms with Gasteiger partial charge in [0.15, 0.2) is 0 Å². The van der Waals surface area contributed by atoms with Gasteiger partial charge in [-0.2, -0.15) is 5.10 Å². The van der Waals surface area contributed by atoms with Gasteiger partial charge in [0.25, 0.3) is 0 Å². The van der Waals surface area contributed by atoms with Crippen LogP contribution in [0.1, 0.15) is 18.9 Å². The Morgan fingerprint density at radius 1 is 1.08 bits per heavy atom. The summed E-state index contributed by atoms with van der Waals surface area (Å²) >= 11 is 0. The first-order valence-corrected chi connectivity index (χ1v) is 7.97. The van der Waals surface area contributed by atoms with Crippen molar-refractivity contribution in [3.8, 4) is 17.2 Å². The van der Waals surface area contributed by atoms with Crippen molar-refractivity contribution in [1.82, 2.24) is 5.43 Å². The maximum atomic E-state index is 10.8. The average Bonchev–Trinajstić information content (AvgIpc) is 2.62. The number of para-hydroxylation sites is 1. The number of nitrogens with zero attached hydrogens (tertiary/aromatic N) is 1. The summed E-state index contributed by atoms with van der Waals surface area (Å²) in [5, 5.41) is 3.86. The molecular formula is C19H22N2O4. The molecule has 0 aliphatic carbocycles. The summed E-state index contributed by atoms with van der Waals surface area (Å²) in [6.45, 7) is 2.45. The van der Waals surface area contributed by atoms with E-state index >= 15 is 0 Å². The zero-order valence-corrected chi connectivity index (χ0v) is 14.4. The molecular weight excluding hydrogens is 320 g/mol. The SMILES string of the molecule is COc1cccc(OCCCOc2ccccc2/C=N\NC(C)=O)c1. The molecule has 25 heavy (non-hydrogen) atoms. The molecule has 0 saturated heterocycles. The van der Waals surface area contributed by atoms with E-state index in [1.165, 1.54) is 6.92 Å². The number of amides is 1. The molecule has 0 bridgehead atoms. The van der Waals surface area contributed by atoms with E-state index in [2.05, 4.69) is 10.5 Å². The number of methoxy groups -OCH3 is 1. The lowest BCUT2D eigenvalue weighted by Gasteiger charge is -2.10. The second-order valence-corrected chi connectivity index (χ2v) is 5.19. The molecule has 0 unspecified atom stereocenters. The highest BCUT2D eigenvalue weighted by atomic mass is 16.5. The molecule has 0 aromatic heterocycles. The number of carbonyl (C=O) groups excluding carboxylic acids is 1. The van der Waals surface area contributed by atoms with E-state index in [4.69, 9.17) is 14.2 Å². The molecule has 0 saturated carbocycles. The van der Waals surface area contributed by atoms with Crippen LogP contribution < -0.4 is 19.6 Å². The zero-order chi connectivity index (χ0) is 17.9. The van der Waals surface area contributed by atoms with Crippen LogP contribution in [0.2, 0.25) is 0 Å². The van der Waals surface area contributed by atoms with Crippen molar-refractivity contribution in [2.75, 3.05) is 20.3 Å². The van der Waals surface area contributed by atoms with E-state index < -0.39 is 0 Å². The fourth-order valence-corrected chi connectivity index (χ4v) is 2.03. The molecule has 2 rings (SSSR count). The summed E-state index contributed by atoms with van der Waals surface area (Å²) in [7, 11) is 1.62. The maximum Gasteiger partial charge on any atom is 0.236 e. The van der Waals surface area contributed by atoms with Gasteiger partial charge in [-0.15, -0.1) is 0 Å². The van der Waals surface area contributed by atoms with Crippen LogP contribution in [0.3, 0.4) is 0 Å². The summed E-state index contributed by atoms with van der Waals surface area (Å²) in [6, 6.07) is 15.0. The van der Waals surface area contributed by atoms with Crippen molar-refractivity contribution < 1.29 is 19.0 Å². The summed E-state index contributed by atoms with van der Waals surface area (Å²) in [6.07, 6.45) is 2.29. The van der Waals surface area contributed by atoms with Crippen molar-refractivity contribution in [2.45, 2.75) is 13.3 Å². The minimum Gasteiger partial charge on any atom is -0.497 e. The van der Waals surface area contributed by atoms with Crippen molar-refractivity contribution in [3.63, 3.8) is 0 Å². The highest BCUT2D eigenvalue weighted by Crippen LogP contribution is 2.19. The van der Waals surface area contributed by atoms with Gasteiger partial charge in [0.05, 0.1) is 26.5 Å². The number of ether oxygens (including phenoxy) is 3. The highest BCUT2D eigenvalue weighted by Gasteiger charge is 2.01. The molecule has 0 atom stereocenters. The van der Waals surface area contributed by atoms with Crippen LogP contribution in [-0.4, -0.2) is 32.4 Å². The van der Waals surface area contributed by atoms with Gasteiger partial charge in [0.1, 0.15) is 17.2 Å². The van der Waals surface area contributed by atoms with Gasteiger partial charge in [-0.3, -0.25) is 4.79 Å². The van der Waals surface area contributed by atoms with E-state index in [1.807, 2.05) is 48.5 Å². The molecule has 6 heteroatoms. The normalized spacial score (nSPS) is 10.5.